The molecule has 0 radical (unpaired) electrons. The van der Waals surface area contributed by atoms with Gasteiger partial charge in [0.05, 0.1) is 13.0 Å². The van der Waals surface area contributed by atoms with Gasteiger partial charge in [-0.3, -0.25) is 4.79 Å². The monoisotopic (exact) mass is 399 g/mol. The van der Waals surface area contributed by atoms with E-state index in [-0.39, 0.29) is 17.2 Å². The van der Waals surface area contributed by atoms with Crippen LogP contribution in [0.3, 0.4) is 0 Å². The molecule has 0 spiro atoms. The molecule has 0 N–H and O–H groups in total. The van der Waals surface area contributed by atoms with E-state index < -0.39 is 0 Å². The fraction of sp³-hybridized carbons (Fsp3) is 0.609. The van der Waals surface area contributed by atoms with Crippen molar-refractivity contribution < 1.29 is 14.1 Å². The highest BCUT2D eigenvalue weighted by Gasteiger charge is 2.29. The van der Waals surface area contributed by atoms with E-state index in [1.807, 2.05) is 29.2 Å². The Hall–Kier alpha value is -2.37. The second-order valence-corrected chi connectivity index (χ2v) is 9.44. The maximum absolute atomic E-state index is 12.8. The van der Waals surface area contributed by atoms with E-state index in [1.54, 1.807) is 7.11 Å². The van der Waals surface area contributed by atoms with Gasteiger partial charge in [0.1, 0.15) is 5.75 Å². The lowest BCUT2D eigenvalue weighted by molar-refractivity contribution is -0.133. The predicted molar refractivity (Wildman–Crippen MR) is 113 cm³/mol. The Morgan fingerprint density at radius 3 is 2.69 bits per heavy atom. The average molecular weight is 400 g/mol. The summed E-state index contributed by atoms with van der Waals surface area (Å²) in [5.74, 6) is 2.71. The molecule has 1 aliphatic rings. The van der Waals surface area contributed by atoms with Crippen molar-refractivity contribution in [3.8, 4) is 17.1 Å². The zero-order chi connectivity index (χ0) is 21.0. The number of aromatic nitrogens is 2. The molecule has 0 saturated carbocycles. The van der Waals surface area contributed by atoms with Crippen LogP contribution in [0, 0.1) is 11.3 Å². The zero-order valence-electron chi connectivity index (χ0n) is 18.3. The number of rotatable bonds is 6. The molecule has 6 nitrogen and oxygen atoms in total. The van der Waals surface area contributed by atoms with Crippen molar-refractivity contribution in [1.82, 2.24) is 15.0 Å². The molecular formula is C23H33N3O3. The van der Waals surface area contributed by atoms with Crippen LogP contribution in [0.5, 0.6) is 5.75 Å². The van der Waals surface area contributed by atoms with Gasteiger partial charge < -0.3 is 14.2 Å². The Kier molecular flexibility index (Phi) is 6.60. The zero-order valence-corrected chi connectivity index (χ0v) is 18.3. The molecule has 0 unspecified atom stereocenters. The minimum absolute atomic E-state index is 0.102. The van der Waals surface area contributed by atoms with Crippen molar-refractivity contribution in [1.29, 1.82) is 0 Å². The van der Waals surface area contributed by atoms with Crippen LogP contribution in [0.15, 0.2) is 28.8 Å². The van der Waals surface area contributed by atoms with E-state index in [2.05, 4.69) is 37.8 Å². The van der Waals surface area contributed by atoms with Gasteiger partial charge in [0.25, 0.3) is 0 Å². The quantitative estimate of drug-likeness (QED) is 0.690. The first kappa shape index (κ1) is 21.3. The van der Waals surface area contributed by atoms with Crippen LogP contribution in [-0.4, -0.2) is 41.1 Å². The summed E-state index contributed by atoms with van der Waals surface area (Å²) in [4.78, 5) is 19.4. The Balaban J connectivity index is 1.62. The molecule has 1 aromatic carbocycles. The first-order valence-corrected chi connectivity index (χ1v) is 10.5. The Bertz CT molecular complexity index is 808. The number of amides is 1. The van der Waals surface area contributed by atoms with Crippen molar-refractivity contribution in [3.63, 3.8) is 0 Å². The number of hydrogen-bond donors (Lipinski definition) is 0. The minimum atomic E-state index is 0.102. The molecule has 158 valence electrons. The smallest absolute Gasteiger partial charge is 0.231 e. The van der Waals surface area contributed by atoms with Gasteiger partial charge in [-0.05, 0) is 54.9 Å². The molecule has 0 aliphatic carbocycles. The summed E-state index contributed by atoms with van der Waals surface area (Å²) in [6.45, 7) is 10.3. The molecule has 2 atom stereocenters. The normalized spacial score (nSPS) is 18.5. The van der Waals surface area contributed by atoms with E-state index in [1.165, 1.54) is 0 Å². The topological polar surface area (TPSA) is 68.5 Å². The number of likely N-dealkylation sites (tertiary alicyclic amines) is 1. The maximum atomic E-state index is 12.8. The molecule has 3 rings (SSSR count). The number of methoxy groups -OCH3 is 1. The first-order valence-electron chi connectivity index (χ1n) is 10.5. The second kappa shape index (κ2) is 8.97. The molecule has 2 aromatic rings. The highest BCUT2D eigenvalue weighted by molar-refractivity contribution is 5.76. The number of nitrogens with zero attached hydrogens (tertiary/aromatic N) is 3. The van der Waals surface area contributed by atoms with Crippen LogP contribution < -0.4 is 4.74 Å². The molecule has 29 heavy (non-hydrogen) atoms. The molecule has 1 saturated heterocycles. The summed E-state index contributed by atoms with van der Waals surface area (Å²) < 4.78 is 10.8. The lowest BCUT2D eigenvalue weighted by Crippen LogP contribution is -2.40. The van der Waals surface area contributed by atoms with Crippen LogP contribution in [0.4, 0.5) is 0 Å². The van der Waals surface area contributed by atoms with Crippen LogP contribution in [0.2, 0.25) is 0 Å². The van der Waals surface area contributed by atoms with E-state index in [9.17, 15) is 4.79 Å². The van der Waals surface area contributed by atoms with Crippen LogP contribution in [0.1, 0.15) is 65.2 Å². The fourth-order valence-corrected chi connectivity index (χ4v) is 4.21. The number of benzene rings is 1. The third-order valence-electron chi connectivity index (χ3n) is 5.40. The summed E-state index contributed by atoms with van der Waals surface area (Å²) in [6.07, 6.45) is 3.58. The van der Waals surface area contributed by atoms with Gasteiger partial charge in [-0.1, -0.05) is 32.9 Å². The number of carbonyl (C=O) groups is 1. The molecular weight excluding hydrogens is 366 g/mol. The third kappa shape index (κ3) is 5.81. The van der Waals surface area contributed by atoms with Gasteiger partial charge in [-0.15, -0.1) is 0 Å². The van der Waals surface area contributed by atoms with Crippen molar-refractivity contribution in [2.24, 2.45) is 11.3 Å². The minimum Gasteiger partial charge on any atom is -0.497 e. The number of hydrogen-bond acceptors (Lipinski definition) is 5. The Morgan fingerprint density at radius 2 is 2.03 bits per heavy atom. The highest BCUT2D eigenvalue weighted by atomic mass is 16.5. The van der Waals surface area contributed by atoms with Crippen LogP contribution in [0.25, 0.3) is 11.4 Å². The molecule has 6 heteroatoms. The standard InChI is InChI=1S/C23H33N3O3/c1-16(14-23(2,3)4)13-20(27)26-12-6-7-18(15-26)22-24-21(25-29-22)17-8-10-19(28-5)11-9-17/h8-11,16,18H,6-7,12-15H2,1-5H3/t16-,18+/m0/s1. The third-order valence-corrected chi connectivity index (χ3v) is 5.40. The van der Waals surface area contributed by atoms with Crippen LogP contribution >= 0.6 is 0 Å². The van der Waals surface area contributed by atoms with Crippen molar-refractivity contribution in [2.45, 2.75) is 59.3 Å². The molecule has 1 amide bonds. The van der Waals surface area contributed by atoms with Gasteiger partial charge in [0.2, 0.25) is 17.6 Å². The molecule has 2 heterocycles. The van der Waals surface area contributed by atoms with Crippen molar-refractivity contribution >= 4 is 5.91 Å². The number of piperidine rings is 1. The maximum Gasteiger partial charge on any atom is 0.231 e. The van der Waals surface area contributed by atoms with Gasteiger partial charge in [0.15, 0.2) is 0 Å². The van der Waals surface area contributed by atoms with Gasteiger partial charge >= 0.3 is 0 Å². The summed E-state index contributed by atoms with van der Waals surface area (Å²) >= 11 is 0. The largest absolute Gasteiger partial charge is 0.497 e. The SMILES string of the molecule is COc1ccc(-c2noc([C@@H]3CCCN(C(=O)C[C@H](C)CC(C)(C)C)C3)n2)cc1. The van der Waals surface area contributed by atoms with Crippen LogP contribution in [-0.2, 0) is 4.79 Å². The summed E-state index contributed by atoms with van der Waals surface area (Å²) in [7, 11) is 1.64. The van der Waals surface area contributed by atoms with Gasteiger partial charge in [0, 0.05) is 25.1 Å². The van der Waals surface area contributed by atoms with Crippen molar-refractivity contribution in [2.75, 3.05) is 20.2 Å². The molecule has 1 fully saturated rings. The second-order valence-electron chi connectivity index (χ2n) is 9.44. The van der Waals surface area contributed by atoms with E-state index >= 15 is 0 Å². The molecule has 1 aromatic heterocycles. The lowest BCUT2D eigenvalue weighted by Gasteiger charge is -2.32. The number of ether oxygens (including phenoxy) is 1. The highest BCUT2D eigenvalue weighted by Crippen LogP contribution is 2.30. The Labute approximate surface area is 173 Å². The van der Waals surface area contributed by atoms with E-state index in [0.717, 1.165) is 37.1 Å². The molecule has 1 aliphatic heterocycles. The van der Waals surface area contributed by atoms with Crippen molar-refractivity contribution in [3.05, 3.63) is 30.2 Å². The first-order chi connectivity index (χ1) is 13.7. The summed E-state index contributed by atoms with van der Waals surface area (Å²) in [5, 5.41) is 4.15. The summed E-state index contributed by atoms with van der Waals surface area (Å²) in [6, 6.07) is 7.60. The molecule has 0 bridgehead atoms. The average Bonchev–Trinajstić information content (AvgIpc) is 3.17. The van der Waals surface area contributed by atoms with E-state index in [4.69, 9.17) is 9.26 Å². The fourth-order valence-electron chi connectivity index (χ4n) is 4.21. The Morgan fingerprint density at radius 1 is 1.31 bits per heavy atom. The van der Waals surface area contributed by atoms with Gasteiger partial charge in [-0.2, -0.15) is 4.98 Å². The van der Waals surface area contributed by atoms with Gasteiger partial charge in [-0.25, -0.2) is 0 Å². The predicted octanol–water partition coefficient (Wildman–Crippen LogP) is 4.91. The summed E-state index contributed by atoms with van der Waals surface area (Å²) in [5.41, 5.74) is 1.13. The number of carbonyl (C=O) groups excluding carboxylic acids is 1. The lowest BCUT2D eigenvalue weighted by atomic mass is 9.84. The van der Waals surface area contributed by atoms with E-state index in [0.29, 0.717) is 30.6 Å².